The summed E-state index contributed by atoms with van der Waals surface area (Å²) in [6, 6.07) is 10.5. The van der Waals surface area contributed by atoms with E-state index in [0.717, 1.165) is 25.7 Å². The van der Waals surface area contributed by atoms with E-state index in [9.17, 15) is 5.11 Å². The zero-order chi connectivity index (χ0) is 14.3. The first kappa shape index (κ1) is 16.0. The molecular weight excluding hydrogens is 380 g/mol. The van der Waals surface area contributed by atoms with Gasteiger partial charge in [-0.2, -0.15) is 0 Å². The van der Waals surface area contributed by atoms with Gasteiger partial charge in [0.05, 0.1) is 0 Å². The van der Waals surface area contributed by atoms with Crippen LogP contribution in [0.1, 0.15) is 37.7 Å². The van der Waals surface area contributed by atoms with E-state index in [2.05, 4.69) is 45.8 Å². The van der Waals surface area contributed by atoms with Gasteiger partial charge in [0.2, 0.25) is 0 Å². The zero-order valence-corrected chi connectivity index (χ0v) is 14.9. The topological polar surface area (TPSA) is 20.2 Å². The Hall–Kier alpha value is -0.380. The van der Waals surface area contributed by atoms with E-state index in [4.69, 9.17) is 0 Å². The Labute approximate surface area is 136 Å². The molecule has 0 atom stereocenters. The summed E-state index contributed by atoms with van der Waals surface area (Å²) < 4.78 is 4.68. The Bertz CT molecular complexity index is 507. The third-order valence-electron chi connectivity index (χ3n) is 3.41. The van der Waals surface area contributed by atoms with Crippen molar-refractivity contribution in [2.75, 3.05) is 6.26 Å². The van der Waals surface area contributed by atoms with Crippen LogP contribution in [0.4, 0.5) is 0 Å². The molecule has 0 bridgehead atoms. The fraction of sp³-hybridized carbons (Fsp3) is 0.412. The van der Waals surface area contributed by atoms with Gasteiger partial charge in [-0.3, -0.25) is 0 Å². The molecule has 106 valence electrons. The van der Waals surface area contributed by atoms with E-state index < -0.39 is 26.5 Å². The molecule has 0 heterocycles. The average molecular weight is 400 g/mol. The summed E-state index contributed by atoms with van der Waals surface area (Å²) in [6.07, 6.45) is 7.23. The Morgan fingerprint density at radius 3 is 2.60 bits per heavy atom. The van der Waals surface area contributed by atoms with Crippen LogP contribution in [-0.4, -0.2) is 37.9 Å². The summed E-state index contributed by atoms with van der Waals surface area (Å²) in [5.74, 6) is 3.17. The van der Waals surface area contributed by atoms with Crippen LogP contribution in [0.3, 0.4) is 0 Å². The number of rotatable bonds is 3. The van der Waals surface area contributed by atoms with Gasteiger partial charge in [-0.15, -0.1) is 0 Å². The summed E-state index contributed by atoms with van der Waals surface area (Å²) in [4.78, 5) is 0. The fourth-order valence-corrected chi connectivity index (χ4v) is 5.66. The second-order valence-corrected chi connectivity index (χ2v) is 8.13. The number of benzene rings is 1. The van der Waals surface area contributed by atoms with Gasteiger partial charge in [0.15, 0.2) is 0 Å². The minimum atomic E-state index is -0.704. The molecule has 1 saturated carbocycles. The Morgan fingerprint density at radius 1 is 1.25 bits per heavy atom. The number of thioether (sulfide) groups is 1. The second-order valence-electron chi connectivity index (χ2n) is 5.01. The molecule has 1 fully saturated rings. The molecular formula is C17H20OSTe. The number of hydrogen-bond donors (Lipinski definition) is 1. The molecule has 1 aliphatic rings. The minimum absolute atomic E-state index is 0.561. The van der Waals surface area contributed by atoms with Gasteiger partial charge in [-0.05, 0) is 0 Å². The summed E-state index contributed by atoms with van der Waals surface area (Å²) in [5, 5.41) is 12.6. The predicted molar refractivity (Wildman–Crippen MR) is 89.5 cm³/mol. The Morgan fingerprint density at radius 2 is 1.95 bits per heavy atom. The monoisotopic (exact) mass is 402 g/mol. The van der Waals surface area contributed by atoms with E-state index in [-0.39, 0.29) is 0 Å². The predicted octanol–water partition coefficient (Wildman–Crippen LogP) is 3.71. The Balaban J connectivity index is 2.05. The Kier molecular flexibility index (Phi) is 6.53. The van der Waals surface area contributed by atoms with Gasteiger partial charge in [0.1, 0.15) is 0 Å². The third kappa shape index (κ3) is 4.87. The fourth-order valence-electron chi connectivity index (χ4n) is 2.30. The van der Waals surface area contributed by atoms with Crippen LogP contribution in [-0.2, 0) is 0 Å². The summed E-state index contributed by atoms with van der Waals surface area (Å²) >= 11 is 1.17. The molecule has 0 aromatic heterocycles. The van der Waals surface area contributed by atoms with Crippen LogP contribution in [0.5, 0.6) is 0 Å². The molecule has 1 aromatic rings. The summed E-state index contributed by atoms with van der Waals surface area (Å²) in [5.41, 5.74) is 0.568. The van der Waals surface area contributed by atoms with E-state index in [1.807, 2.05) is 6.07 Å². The first-order valence-electron chi connectivity index (χ1n) is 6.93. The van der Waals surface area contributed by atoms with Crippen molar-refractivity contribution in [3.63, 3.8) is 0 Å². The van der Waals surface area contributed by atoms with Crippen molar-refractivity contribution in [2.45, 2.75) is 37.7 Å². The van der Waals surface area contributed by atoms with Crippen LogP contribution >= 0.6 is 11.8 Å². The summed E-state index contributed by atoms with van der Waals surface area (Å²) in [6.45, 7) is 0. The molecule has 3 heteroatoms. The zero-order valence-electron chi connectivity index (χ0n) is 11.8. The molecule has 1 nitrogen and oxygen atoms in total. The number of aliphatic hydroxyl groups is 1. The molecule has 0 aliphatic heterocycles. The van der Waals surface area contributed by atoms with Gasteiger partial charge < -0.3 is 0 Å². The van der Waals surface area contributed by atoms with Crippen LogP contribution in [0.15, 0.2) is 35.7 Å². The van der Waals surface area contributed by atoms with Crippen molar-refractivity contribution < 1.29 is 5.11 Å². The van der Waals surface area contributed by atoms with Crippen molar-refractivity contribution in [2.24, 2.45) is 0 Å². The third-order valence-corrected chi connectivity index (χ3v) is 6.57. The van der Waals surface area contributed by atoms with Gasteiger partial charge in [-0.1, -0.05) is 0 Å². The number of hydrogen-bond acceptors (Lipinski definition) is 2. The average Bonchev–Trinajstić information content (AvgIpc) is 2.48. The molecule has 1 aliphatic carbocycles. The maximum absolute atomic E-state index is 10.4. The molecule has 0 spiro atoms. The molecule has 0 saturated heterocycles. The quantitative estimate of drug-likeness (QED) is 0.617. The van der Waals surface area contributed by atoms with E-state index in [1.54, 1.807) is 11.8 Å². The molecule has 1 N–H and O–H groups in total. The van der Waals surface area contributed by atoms with Crippen LogP contribution in [0.2, 0.25) is 0 Å². The van der Waals surface area contributed by atoms with Crippen molar-refractivity contribution in [1.29, 1.82) is 0 Å². The van der Waals surface area contributed by atoms with Crippen molar-refractivity contribution in [3.8, 4) is 9.89 Å². The molecule has 1 aromatic carbocycles. The SMILES string of the molecule is CS/C=C(/[Te]C#CC1(O)CCCCC1)c1ccccc1. The first-order valence-corrected chi connectivity index (χ1v) is 10.6. The van der Waals surface area contributed by atoms with E-state index in [0.29, 0.717) is 0 Å². The van der Waals surface area contributed by atoms with Gasteiger partial charge >= 0.3 is 137 Å². The van der Waals surface area contributed by atoms with Gasteiger partial charge in [0, 0.05) is 0 Å². The van der Waals surface area contributed by atoms with Crippen molar-refractivity contribution in [3.05, 3.63) is 41.3 Å². The van der Waals surface area contributed by atoms with E-state index >= 15 is 0 Å². The van der Waals surface area contributed by atoms with Crippen molar-refractivity contribution in [1.82, 2.24) is 0 Å². The maximum atomic E-state index is 10.4. The van der Waals surface area contributed by atoms with Crippen LogP contribution < -0.4 is 0 Å². The van der Waals surface area contributed by atoms with Gasteiger partial charge in [0.25, 0.3) is 0 Å². The molecule has 0 amide bonds. The first-order chi connectivity index (χ1) is 9.73. The van der Waals surface area contributed by atoms with Gasteiger partial charge in [-0.25, -0.2) is 0 Å². The molecule has 0 unspecified atom stereocenters. The van der Waals surface area contributed by atoms with E-state index in [1.165, 1.54) is 15.6 Å². The normalized spacial score (nSPS) is 18.2. The summed E-state index contributed by atoms with van der Waals surface area (Å²) in [7, 11) is 0. The van der Waals surface area contributed by atoms with Crippen LogP contribution in [0, 0.1) is 9.89 Å². The van der Waals surface area contributed by atoms with Crippen LogP contribution in [0.25, 0.3) is 3.62 Å². The molecule has 20 heavy (non-hydrogen) atoms. The molecule has 2 rings (SSSR count). The van der Waals surface area contributed by atoms with Crippen molar-refractivity contribution >= 4 is 36.3 Å². The standard InChI is InChI=1S/C17H20OSTe/c1-19-14-16(15-8-4-2-5-9-15)20-13-12-17(18)10-6-3-7-11-17/h2,4-5,8-9,14,18H,3,6-7,10-11H2,1H3/b16-14+. The second kappa shape index (κ2) is 8.16. The molecule has 0 radical (unpaired) electrons.